The van der Waals surface area contributed by atoms with Gasteiger partial charge in [-0.15, -0.1) is 0 Å². The lowest BCUT2D eigenvalue weighted by molar-refractivity contribution is 0.534. The average molecular weight is 262 g/mol. The van der Waals surface area contributed by atoms with E-state index in [4.69, 9.17) is 5.73 Å². The molecule has 0 aliphatic rings. The first kappa shape index (κ1) is 16.2. The molecule has 1 rings (SSSR count). The maximum atomic E-state index is 6.34. The van der Waals surface area contributed by atoms with Crippen molar-refractivity contribution in [1.29, 1.82) is 0 Å². The molecule has 1 atom stereocenters. The van der Waals surface area contributed by atoms with Gasteiger partial charge in [0.2, 0.25) is 0 Å². The average Bonchev–Trinajstić information content (AvgIpc) is 2.24. The summed E-state index contributed by atoms with van der Waals surface area (Å²) in [6.45, 7) is 16.2. The van der Waals surface area contributed by atoms with Gasteiger partial charge in [0.1, 0.15) is 0 Å². The summed E-state index contributed by atoms with van der Waals surface area (Å²) in [5.41, 5.74) is 11.8. The molecule has 1 unspecified atom stereocenters. The molecule has 1 aromatic carbocycles. The van der Waals surface area contributed by atoms with Crippen LogP contribution in [0.2, 0.25) is 0 Å². The number of hydrogen-bond acceptors (Lipinski definition) is 2. The highest BCUT2D eigenvalue weighted by Crippen LogP contribution is 2.29. The van der Waals surface area contributed by atoms with E-state index in [1.165, 1.54) is 22.3 Å². The zero-order valence-electron chi connectivity index (χ0n) is 13.6. The van der Waals surface area contributed by atoms with E-state index in [1.807, 2.05) is 0 Å². The Morgan fingerprint density at radius 3 is 1.95 bits per heavy atom. The number of aryl methyl sites for hydroxylation is 2. The molecule has 108 valence electrons. The van der Waals surface area contributed by atoms with Gasteiger partial charge in [-0.3, -0.25) is 0 Å². The molecule has 3 N–H and O–H groups in total. The minimum atomic E-state index is 0.0661. The summed E-state index contributed by atoms with van der Waals surface area (Å²) < 4.78 is 0. The third kappa shape index (κ3) is 4.32. The fourth-order valence-corrected chi connectivity index (χ4v) is 2.46. The van der Waals surface area contributed by atoms with Crippen molar-refractivity contribution in [3.63, 3.8) is 0 Å². The van der Waals surface area contributed by atoms with Crippen LogP contribution in [-0.2, 0) is 5.41 Å². The highest BCUT2D eigenvalue weighted by molar-refractivity contribution is 5.42. The number of nitrogens with two attached hydrogens (primary N) is 1. The van der Waals surface area contributed by atoms with Crippen molar-refractivity contribution < 1.29 is 0 Å². The van der Waals surface area contributed by atoms with Crippen LogP contribution < -0.4 is 11.1 Å². The molecule has 0 amide bonds. The van der Waals surface area contributed by atoms with Crippen molar-refractivity contribution in [3.05, 3.63) is 34.4 Å². The molecule has 0 saturated heterocycles. The summed E-state index contributed by atoms with van der Waals surface area (Å²) >= 11 is 0. The Labute approximate surface area is 118 Å². The molecule has 0 aliphatic carbocycles. The minimum absolute atomic E-state index is 0.0661. The Balaban J connectivity index is 3.03. The Morgan fingerprint density at radius 2 is 1.58 bits per heavy atom. The Hall–Kier alpha value is -0.860. The Morgan fingerprint density at radius 1 is 1.11 bits per heavy atom. The first-order chi connectivity index (χ1) is 8.62. The van der Waals surface area contributed by atoms with Crippen LogP contribution in [0.3, 0.4) is 0 Å². The zero-order chi connectivity index (χ0) is 14.8. The predicted octanol–water partition coefficient (Wildman–Crippen LogP) is 3.60. The predicted molar refractivity (Wildman–Crippen MR) is 84.7 cm³/mol. The molecule has 0 aliphatic heterocycles. The molecular weight excluding hydrogens is 232 g/mol. The molecule has 0 spiro atoms. The van der Waals surface area contributed by atoms with Crippen molar-refractivity contribution in [2.24, 2.45) is 5.73 Å². The molecule has 0 aromatic heterocycles. The van der Waals surface area contributed by atoms with Crippen LogP contribution in [0.4, 0.5) is 0 Å². The van der Waals surface area contributed by atoms with Gasteiger partial charge >= 0.3 is 0 Å². The summed E-state index contributed by atoms with van der Waals surface area (Å²) in [7, 11) is 0. The highest BCUT2D eigenvalue weighted by atomic mass is 14.9. The van der Waals surface area contributed by atoms with Crippen LogP contribution in [0.1, 0.15) is 62.9 Å². The van der Waals surface area contributed by atoms with Crippen molar-refractivity contribution in [2.45, 2.75) is 66.0 Å². The molecule has 2 nitrogen and oxygen atoms in total. The fraction of sp³-hybridized carbons (Fsp3) is 0.647. The molecule has 0 saturated carbocycles. The Kier molecular flexibility index (Phi) is 5.17. The van der Waals surface area contributed by atoms with Crippen LogP contribution in [0.25, 0.3) is 0 Å². The van der Waals surface area contributed by atoms with Crippen LogP contribution in [0.5, 0.6) is 0 Å². The van der Waals surface area contributed by atoms with Gasteiger partial charge in [-0.1, -0.05) is 46.8 Å². The van der Waals surface area contributed by atoms with E-state index >= 15 is 0 Å². The van der Waals surface area contributed by atoms with Crippen LogP contribution >= 0.6 is 0 Å². The van der Waals surface area contributed by atoms with Crippen molar-refractivity contribution in [2.75, 3.05) is 6.54 Å². The summed E-state index contributed by atoms with van der Waals surface area (Å²) in [6, 6.07) is 5.12. The lowest BCUT2D eigenvalue weighted by Crippen LogP contribution is -2.32. The molecular formula is C17H30N2. The standard InChI is InChI=1S/C17H30N2/c1-11(2)19-10-15(18)16-12(3)8-14(9-13(16)4)17(5,6)7/h8-9,11,15,19H,10,18H2,1-7H3. The Bertz CT molecular complexity index is 404. The van der Waals surface area contributed by atoms with Gasteiger partial charge in [-0.05, 0) is 41.5 Å². The van der Waals surface area contributed by atoms with Gasteiger partial charge in [0, 0.05) is 18.6 Å². The molecule has 0 fully saturated rings. The molecule has 0 heterocycles. The van der Waals surface area contributed by atoms with Gasteiger partial charge in [-0.2, -0.15) is 0 Å². The second-order valence-electron chi connectivity index (χ2n) is 6.94. The molecule has 1 aromatic rings. The van der Waals surface area contributed by atoms with Crippen molar-refractivity contribution in [1.82, 2.24) is 5.32 Å². The molecule has 2 heteroatoms. The molecule has 0 radical (unpaired) electrons. The second kappa shape index (κ2) is 6.06. The number of hydrogen-bond donors (Lipinski definition) is 2. The van der Waals surface area contributed by atoms with Crippen molar-refractivity contribution >= 4 is 0 Å². The maximum absolute atomic E-state index is 6.34. The van der Waals surface area contributed by atoms with E-state index in [-0.39, 0.29) is 11.5 Å². The van der Waals surface area contributed by atoms with Gasteiger partial charge in [0.25, 0.3) is 0 Å². The lowest BCUT2D eigenvalue weighted by Gasteiger charge is -2.25. The first-order valence-corrected chi connectivity index (χ1v) is 7.23. The van der Waals surface area contributed by atoms with E-state index < -0.39 is 0 Å². The van der Waals surface area contributed by atoms with E-state index in [9.17, 15) is 0 Å². The van der Waals surface area contributed by atoms with E-state index in [1.54, 1.807) is 0 Å². The summed E-state index contributed by atoms with van der Waals surface area (Å²) in [6.07, 6.45) is 0. The SMILES string of the molecule is Cc1cc(C(C)(C)C)cc(C)c1C(N)CNC(C)C. The van der Waals surface area contributed by atoms with Gasteiger partial charge in [-0.25, -0.2) is 0 Å². The van der Waals surface area contributed by atoms with Gasteiger partial charge < -0.3 is 11.1 Å². The number of benzene rings is 1. The highest BCUT2D eigenvalue weighted by Gasteiger charge is 2.18. The van der Waals surface area contributed by atoms with Crippen molar-refractivity contribution in [3.8, 4) is 0 Å². The van der Waals surface area contributed by atoms with E-state index in [2.05, 4.69) is 65.9 Å². The van der Waals surface area contributed by atoms with Gasteiger partial charge in [0.15, 0.2) is 0 Å². The third-order valence-electron chi connectivity index (χ3n) is 3.58. The zero-order valence-corrected chi connectivity index (χ0v) is 13.6. The molecule has 19 heavy (non-hydrogen) atoms. The quantitative estimate of drug-likeness (QED) is 0.870. The lowest BCUT2D eigenvalue weighted by atomic mass is 9.82. The fourth-order valence-electron chi connectivity index (χ4n) is 2.46. The third-order valence-corrected chi connectivity index (χ3v) is 3.58. The largest absolute Gasteiger partial charge is 0.323 e. The monoisotopic (exact) mass is 262 g/mol. The first-order valence-electron chi connectivity index (χ1n) is 7.23. The molecule has 0 bridgehead atoms. The summed E-state index contributed by atoms with van der Waals surface area (Å²) in [5.74, 6) is 0. The van der Waals surface area contributed by atoms with E-state index in [0.29, 0.717) is 6.04 Å². The second-order valence-corrected chi connectivity index (χ2v) is 6.94. The summed E-state index contributed by atoms with van der Waals surface area (Å²) in [4.78, 5) is 0. The smallest absolute Gasteiger partial charge is 0.0427 e. The van der Waals surface area contributed by atoms with Crippen LogP contribution in [-0.4, -0.2) is 12.6 Å². The number of rotatable bonds is 4. The van der Waals surface area contributed by atoms with E-state index in [0.717, 1.165) is 6.54 Å². The minimum Gasteiger partial charge on any atom is -0.323 e. The maximum Gasteiger partial charge on any atom is 0.0427 e. The van der Waals surface area contributed by atoms with Crippen LogP contribution in [0, 0.1) is 13.8 Å². The summed E-state index contributed by atoms with van der Waals surface area (Å²) in [5, 5.41) is 3.42. The van der Waals surface area contributed by atoms with Crippen LogP contribution in [0.15, 0.2) is 12.1 Å². The number of nitrogens with one attached hydrogen (secondary N) is 1. The van der Waals surface area contributed by atoms with Gasteiger partial charge in [0.05, 0.1) is 0 Å². The normalized spacial score (nSPS) is 13.9. The topological polar surface area (TPSA) is 38.0 Å².